The monoisotopic (exact) mass is 457 g/mol. The van der Waals surface area contributed by atoms with E-state index in [0.717, 1.165) is 5.56 Å². The van der Waals surface area contributed by atoms with Crippen LogP contribution in [0.25, 0.3) is 0 Å². The summed E-state index contributed by atoms with van der Waals surface area (Å²) in [5.74, 6) is 5.49. The minimum Gasteiger partial charge on any atom is -0.507 e. The van der Waals surface area contributed by atoms with Crippen LogP contribution >= 0.6 is 24.0 Å². The summed E-state index contributed by atoms with van der Waals surface area (Å²) < 4.78 is 7.55. The van der Waals surface area contributed by atoms with Gasteiger partial charge in [0, 0.05) is 16.7 Å². The number of nitrogen functional groups attached to an aromatic ring is 1. The summed E-state index contributed by atoms with van der Waals surface area (Å²) in [7, 11) is 0. The Morgan fingerprint density at radius 2 is 2.03 bits per heavy atom. The van der Waals surface area contributed by atoms with Gasteiger partial charge < -0.3 is 9.84 Å². The Hall–Kier alpha value is -3.39. The quantitative estimate of drug-likeness (QED) is 0.232. The predicted molar refractivity (Wildman–Crippen MR) is 122 cm³/mol. The van der Waals surface area contributed by atoms with Crippen molar-refractivity contribution in [3.05, 3.63) is 82.4 Å². The van der Waals surface area contributed by atoms with Gasteiger partial charge in [0.05, 0.1) is 5.56 Å². The van der Waals surface area contributed by atoms with Crippen LogP contribution in [0.3, 0.4) is 0 Å². The maximum absolute atomic E-state index is 11.8. The zero-order chi connectivity index (χ0) is 21.1. The summed E-state index contributed by atoms with van der Waals surface area (Å²) in [6, 6.07) is 17.4. The molecule has 9 heteroatoms. The van der Waals surface area contributed by atoms with E-state index in [-0.39, 0.29) is 18.2 Å². The van der Waals surface area contributed by atoms with E-state index in [0.29, 0.717) is 39.9 Å². The van der Waals surface area contributed by atoms with E-state index in [4.69, 9.17) is 22.2 Å². The molecule has 1 aliphatic heterocycles. The number of nitrogens with one attached hydrogen (secondary N) is 1. The molecule has 3 aromatic carbocycles. The van der Waals surface area contributed by atoms with Crippen molar-refractivity contribution in [2.45, 2.75) is 6.61 Å². The van der Waals surface area contributed by atoms with Crippen LogP contribution in [-0.2, 0) is 6.61 Å². The number of hydrazine groups is 1. The highest BCUT2D eigenvalue weighted by Crippen LogP contribution is 2.33. The maximum Gasteiger partial charge on any atom is 0.292 e. The van der Waals surface area contributed by atoms with E-state index in [1.165, 1.54) is 0 Å². The molecule has 1 aliphatic rings. The first-order chi connectivity index (χ1) is 14.5. The lowest BCUT2D eigenvalue weighted by molar-refractivity contribution is -0.282. The van der Waals surface area contributed by atoms with Crippen molar-refractivity contribution in [3.63, 3.8) is 0 Å². The van der Waals surface area contributed by atoms with Crippen LogP contribution in [0, 0.1) is 0 Å². The van der Waals surface area contributed by atoms with Crippen molar-refractivity contribution in [1.29, 1.82) is 0 Å². The van der Waals surface area contributed by atoms with Crippen LogP contribution in [0.15, 0.2) is 65.7 Å². The summed E-state index contributed by atoms with van der Waals surface area (Å²) in [5.41, 5.74) is 5.38. The highest BCUT2D eigenvalue weighted by molar-refractivity contribution is 6.30. The number of nitrogens with two attached hydrogens (primary N) is 1. The third-order valence-electron chi connectivity index (χ3n) is 4.54. The van der Waals surface area contributed by atoms with Gasteiger partial charge in [-0.25, -0.2) is 5.84 Å². The summed E-state index contributed by atoms with van der Waals surface area (Å²) >= 11 is 6.01. The maximum atomic E-state index is 11.8. The largest absolute Gasteiger partial charge is 0.507 e. The zero-order valence-corrected chi connectivity index (χ0v) is 17.7. The predicted octanol–water partition coefficient (Wildman–Crippen LogP) is 4.09. The smallest absolute Gasteiger partial charge is 0.292 e. The number of halogens is 2. The number of phenolic OH excluding ortho intramolecular Hbond substituents is 1. The molecule has 4 N–H and O–H groups in total. The van der Waals surface area contributed by atoms with E-state index in [9.17, 15) is 9.90 Å². The van der Waals surface area contributed by atoms with Crippen molar-refractivity contribution in [1.82, 2.24) is 5.43 Å². The van der Waals surface area contributed by atoms with Crippen LogP contribution in [0.2, 0.25) is 5.02 Å². The van der Waals surface area contributed by atoms with Crippen molar-refractivity contribution in [2.24, 2.45) is 10.8 Å². The summed E-state index contributed by atoms with van der Waals surface area (Å²) in [6.45, 7) is 0.344. The lowest BCUT2D eigenvalue weighted by Crippen LogP contribution is -2.29. The van der Waals surface area contributed by atoms with Gasteiger partial charge in [-0.2, -0.15) is 4.58 Å². The molecule has 0 unspecified atom stereocenters. The Morgan fingerprint density at radius 3 is 2.81 bits per heavy atom. The fourth-order valence-corrected chi connectivity index (χ4v) is 3.24. The number of nitrogens with zero attached hydrogens (tertiary/aromatic N) is 2. The lowest BCUT2D eigenvalue weighted by Gasteiger charge is -2.08. The molecule has 7 nitrogen and oxygen atoms in total. The SMILES string of the molecule is Cl.NNC(=O)c1ccc2c(c1)[N+](=Cc1cc(OCc3cccc(Cl)c3)ccc1O)C=N2. The van der Waals surface area contributed by atoms with Crippen LogP contribution in [0.4, 0.5) is 11.4 Å². The van der Waals surface area contributed by atoms with E-state index in [1.54, 1.807) is 59.6 Å². The molecule has 0 saturated heterocycles. The van der Waals surface area contributed by atoms with Crippen LogP contribution in [-0.4, -0.2) is 28.1 Å². The number of hydrogen-bond acceptors (Lipinski definition) is 5. The van der Waals surface area contributed by atoms with E-state index in [1.807, 2.05) is 18.2 Å². The molecule has 1 amide bonds. The van der Waals surface area contributed by atoms with E-state index >= 15 is 0 Å². The number of aliphatic imine (C=N–C) groups is 1. The average Bonchev–Trinajstić information content (AvgIpc) is 3.15. The number of rotatable bonds is 5. The van der Waals surface area contributed by atoms with Crippen LogP contribution < -0.4 is 16.0 Å². The number of carbonyl (C=O) groups is 1. The first-order valence-electron chi connectivity index (χ1n) is 9.06. The summed E-state index contributed by atoms with van der Waals surface area (Å²) in [6.07, 6.45) is 3.31. The fraction of sp³-hybridized carbons (Fsp3) is 0.0455. The molecular weight excluding hydrogens is 439 g/mol. The molecule has 0 spiro atoms. The van der Waals surface area contributed by atoms with Crippen molar-refractivity contribution >= 4 is 53.8 Å². The van der Waals surface area contributed by atoms with Gasteiger partial charge in [-0.3, -0.25) is 10.2 Å². The number of fused-ring (bicyclic) bond motifs is 1. The molecule has 0 aliphatic carbocycles. The Bertz CT molecular complexity index is 1200. The van der Waals surface area contributed by atoms with Gasteiger partial charge in [-0.05, 0) is 53.0 Å². The molecule has 31 heavy (non-hydrogen) atoms. The molecule has 158 valence electrons. The Balaban J connectivity index is 0.00000272. The number of amides is 1. The van der Waals surface area contributed by atoms with Gasteiger partial charge in [0.2, 0.25) is 5.69 Å². The highest BCUT2D eigenvalue weighted by Gasteiger charge is 2.22. The molecule has 0 bridgehead atoms. The van der Waals surface area contributed by atoms with Crippen LogP contribution in [0.5, 0.6) is 11.5 Å². The third-order valence-corrected chi connectivity index (χ3v) is 4.77. The first kappa shape index (κ1) is 22.3. The van der Waals surface area contributed by atoms with Crippen molar-refractivity contribution in [3.8, 4) is 11.5 Å². The minimum atomic E-state index is -0.399. The highest BCUT2D eigenvalue weighted by atomic mass is 35.5. The van der Waals surface area contributed by atoms with E-state index in [2.05, 4.69) is 10.4 Å². The molecular formula is C22H19Cl2N4O3+. The van der Waals surface area contributed by atoms with Gasteiger partial charge in [0.25, 0.3) is 12.2 Å². The van der Waals surface area contributed by atoms with Gasteiger partial charge in [0.15, 0.2) is 5.69 Å². The molecule has 0 aromatic heterocycles. The van der Waals surface area contributed by atoms with Gasteiger partial charge >= 0.3 is 0 Å². The lowest BCUT2D eigenvalue weighted by atomic mass is 10.1. The molecule has 0 radical (unpaired) electrons. The average molecular weight is 458 g/mol. The molecule has 3 aromatic rings. The second-order valence-corrected chi connectivity index (χ2v) is 7.03. The Morgan fingerprint density at radius 1 is 1.19 bits per heavy atom. The molecule has 4 rings (SSSR count). The van der Waals surface area contributed by atoms with Crippen LogP contribution in [0.1, 0.15) is 21.5 Å². The van der Waals surface area contributed by atoms with E-state index < -0.39 is 5.91 Å². The normalized spacial score (nSPS) is 12.9. The van der Waals surface area contributed by atoms with Crippen molar-refractivity contribution in [2.75, 3.05) is 0 Å². The number of ether oxygens (including phenoxy) is 1. The number of hydrogen-bond donors (Lipinski definition) is 3. The third kappa shape index (κ3) is 5.03. The number of benzene rings is 3. The topological polar surface area (TPSA) is 100.0 Å². The second kappa shape index (κ2) is 9.61. The number of carbonyl (C=O) groups excluding carboxylic acids is 1. The van der Waals surface area contributed by atoms with Gasteiger partial charge in [0.1, 0.15) is 24.3 Å². The fourth-order valence-electron chi connectivity index (χ4n) is 3.02. The molecule has 0 fully saturated rings. The number of phenols is 1. The summed E-state index contributed by atoms with van der Waals surface area (Å²) in [5, 5.41) is 10.9. The minimum absolute atomic E-state index is 0. The summed E-state index contributed by atoms with van der Waals surface area (Å²) in [4.78, 5) is 16.1. The van der Waals surface area contributed by atoms with Crippen molar-refractivity contribution < 1.29 is 19.2 Å². The molecule has 1 heterocycles. The number of aromatic hydroxyl groups is 1. The van der Waals surface area contributed by atoms with Gasteiger partial charge in [-0.15, -0.1) is 12.4 Å². The Labute approximate surface area is 189 Å². The zero-order valence-electron chi connectivity index (χ0n) is 16.2. The standard InChI is InChI=1S/C22H17ClN4O3.ClH/c23-17-3-1-2-14(8-17)12-30-18-5-7-21(28)16(9-18)11-27-13-25-19-6-4-15(10-20(19)27)22(29)26-24;/h1-11,13H,12,24H2,(H,26,29);1H/p+1. The second-order valence-electron chi connectivity index (χ2n) is 6.60. The first-order valence-corrected chi connectivity index (χ1v) is 9.44. The Kier molecular flexibility index (Phi) is 6.91. The molecule has 0 atom stereocenters. The molecule has 0 saturated carbocycles. The van der Waals surface area contributed by atoms with Gasteiger partial charge in [-0.1, -0.05) is 23.7 Å².